The summed E-state index contributed by atoms with van der Waals surface area (Å²) in [6.45, 7) is 9.22. The molecule has 0 radical (unpaired) electrons. The average Bonchev–Trinajstić information content (AvgIpc) is 3.56. The normalized spacial score (nSPS) is 16.0. The largest absolute Gasteiger partial charge is 0.493 e. The third-order valence-corrected chi connectivity index (χ3v) is 9.56. The van der Waals surface area contributed by atoms with Crippen LogP contribution in [0.3, 0.4) is 0 Å². The SMILES string of the molecule is CCOC(=O)c1c(CCCOc2cccc3ccccc23)c2cccc3c2n1CCCN(C)Cc1c-3c(CN2CCOCC2)nn1C. The number of benzene rings is 3. The monoisotopic (exact) mass is 635 g/mol. The number of aromatic nitrogens is 3. The molecule has 2 aromatic heterocycles. The van der Waals surface area contributed by atoms with Gasteiger partial charge < -0.3 is 23.7 Å². The van der Waals surface area contributed by atoms with Gasteiger partial charge in [0.25, 0.3) is 0 Å². The molecule has 47 heavy (non-hydrogen) atoms. The van der Waals surface area contributed by atoms with Crippen LogP contribution >= 0.6 is 0 Å². The number of carbonyl (C=O) groups is 1. The molecule has 5 aromatic rings. The van der Waals surface area contributed by atoms with E-state index in [2.05, 4.69) is 69.5 Å². The highest BCUT2D eigenvalue weighted by atomic mass is 16.5. The Morgan fingerprint density at radius 3 is 2.57 bits per heavy atom. The highest BCUT2D eigenvalue weighted by molar-refractivity contribution is 6.05. The van der Waals surface area contributed by atoms with E-state index in [0.29, 0.717) is 25.3 Å². The number of rotatable bonds is 9. The fraction of sp³-hybridized carbons (Fsp3) is 0.421. The van der Waals surface area contributed by atoms with Gasteiger partial charge in [0, 0.05) is 61.7 Å². The fourth-order valence-electron chi connectivity index (χ4n) is 7.37. The van der Waals surface area contributed by atoms with E-state index < -0.39 is 0 Å². The van der Waals surface area contributed by atoms with Crippen molar-refractivity contribution in [3.05, 3.63) is 83.3 Å². The van der Waals surface area contributed by atoms with E-state index in [0.717, 1.165) is 110 Å². The minimum absolute atomic E-state index is 0.259. The Bertz CT molecular complexity index is 1880. The Kier molecular flexibility index (Phi) is 9.29. The van der Waals surface area contributed by atoms with Crippen LogP contribution in [-0.4, -0.2) is 83.2 Å². The van der Waals surface area contributed by atoms with Crippen molar-refractivity contribution >= 4 is 27.6 Å². The predicted octanol–water partition coefficient (Wildman–Crippen LogP) is 6.05. The number of fused-ring (bicyclic) bond motifs is 3. The van der Waals surface area contributed by atoms with Crippen molar-refractivity contribution in [2.24, 2.45) is 7.05 Å². The third-order valence-electron chi connectivity index (χ3n) is 9.56. The third kappa shape index (κ3) is 6.27. The summed E-state index contributed by atoms with van der Waals surface area (Å²) in [6.07, 6.45) is 2.38. The first-order valence-electron chi connectivity index (χ1n) is 17.0. The van der Waals surface area contributed by atoms with Crippen molar-refractivity contribution in [2.45, 2.75) is 45.8 Å². The molecule has 1 saturated heterocycles. The molecule has 0 amide bonds. The molecule has 9 heteroatoms. The zero-order valence-electron chi connectivity index (χ0n) is 27.8. The van der Waals surface area contributed by atoms with Gasteiger partial charge in [-0.1, -0.05) is 54.6 Å². The Morgan fingerprint density at radius 1 is 0.936 bits per heavy atom. The van der Waals surface area contributed by atoms with Crippen LogP contribution in [0.1, 0.15) is 47.2 Å². The van der Waals surface area contributed by atoms with Gasteiger partial charge in [0.1, 0.15) is 11.4 Å². The first-order valence-corrected chi connectivity index (χ1v) is 17.0. The number of hydrogen-bond donors (Lipinski definition) is 0. The lowest BCUT2D eigenvalue weighted by atomic mass is 9.97. The average molecular weight is 636 g/mol. The topological polar surface area (TPSA) is 74.0 Å². The molecule has 246 valence electrons. The van der Waals surface area contributed by atoms with E-state index in [4.69, 9.17) is 19.3 Å². The van der Waals surface area contributed by atoms with Crippen molar-refractivity contribution < 1.29 is 19.0 Å². The van der Waals surface area contributed by atoms with Crippen LogP contribution in [0.25, 0.3) is 32.8 Å². The number of nitrogens with zero attached hydrogens (tertiary/aromatic N) is 5. The van der Waals surface area contributed by atoms with Crippen molar-refractivity contribution in [1.82, 2.24) is 24.1 Å². The molecule has 2 aliphatic heterocycles. The molecule has 0 saturated carbocycles. The highest BCUT2D eigenvalue weighted by Crippen LogP contribution is 2.40. The number of para-hydroxylation sites is 1. The van der Waals surface area contributed by atoms with Crippen LogP contribution in [0.4, 0.5) is 0 Å². The smallest absolute Gasteiger partial charge is 0.355 e. The summed E-state index contributed by atoms with van der Waals surface area (Å²) in [5.41, 5.74) is 7.38. The van der Waals surface area contributed by atoms with Gasteiger partial charge in [-0.05, 0) is 56.8 Å². The molecule has 0 spiro atoms. The second-order valence-corrected chi connectivity index (χ2v) is 12.7. The van der Waals surface area contributed by atoms with E-state index in [-0.39, 0.29) is 5.97 Å². The van der Waals surface area contributed by atoms with Gasteiger partial charge in [0.15, 0.2) is 0 Å². The molecule has 0 aliphatic carbocycles. The number of ether oxygens (including phenoxy) is 3. The van der Waals surface area contributed by atoms with Crippen molar-refractivity contribution in [1.29, 1.82) is 0 Å². The maximum Gasteiger partial charge on any atom is 0.355 e. The second-order valence-electron chi connectivity index (χ2n) is 12.7. The molecule has 2 aliphatic rings. The van der Waals surface area contributed by atoms with Crippen LogP contribution in [0, 0.1) is 0 Å². The Balaban J connectivity index is 1.30. The summed E-state index contributed by atoms with van der Waals surface area (Å²) in [4.78, 5) is 18.6. The van der Waals surface area contributed by atoms with Crippen LogP contribution in [-0.2, 0) is 42.6 Å². The quantitative estimate of drug-likeness (QED) is 0.144. The zero-order chi connectivity index (χ0) is 32.3. The van der Waals surface area contributed by atoms with Crippen LogP contribution < -0.4 is 4.74 Å². The minimum Gasteiger partial charge on any atom is -0.493 e. The summed E-state index contributed by atoms with van der Waals surface area (Å²) in [5.74, 6) is 0.628. The second kappa shape index (κ2) is 13.9. The van der Waals surface area contributed by atoms with Crippen LogP contribution in [0.5, 0.6) is 5.75 Å². The number of carbonyl (C=O) groups excluding carboxylic acids is 1. The highest BCUT2D eigenvalue weighted by Gasteiger charge is 2.30. The summed E-state index contributed by atoms with van der Waals surface area (Å²) in [6, 6.07) is 21.0. The Morgan fingerprint density at radius 2 is 1.72 bits per heavy atom. The molecule has 9 nitrogen and oxygen atoms in total. The number of esters is 1. The molecule has 3 aromatic carbocycles. The molecule has 0 bridgehead atoms. The number of hydrogen-bond acceptors (Lipinski definition) is 7. The number of aryl methyl sites for hydroxylation is 3. The summed E-state index contributed by atoms with van der Waals surface area (Å²) < 4.78 is 22.0. The van der Waals surface area contributed by atoms with Gasteiger partial charge in [-0.2, -0.15) is 5.10 Å². The van der Waals surface area contributed by atoms with Gasteiger partial charge in [0.05, 0.1) is 43.3 Å². The van der Waals surface area contributed by atoms with Crippen LogP contribution in [0.15, 0.2) is 60.7 Å². The van der Waals surface area contributed by atoms with E-state index in [1.165, 1.54) is 11.3 Å². The maximum absolute atomic E-state index is 13.8. The van der Waals surface area contributed by atoms with Gasteiger partial charge in [0.2, 0.25) is 0 Å². The lowest BCUT2D eigenvalue weighted by molar-refractivity contribution is 0.0336. The molecule has 0 N–H and O–H groups in total. The van der Waals surface area contributed by atoms with Gasteiger partial charge in [-0.25, -0.2) is 4.79 Å². The first kappa shape index (κ1) is 31.4. The minimum atomic E-state index is -0.259. The summed E-state index contributed by atoms with van der Waals surface area (Å²) >= 11 is 0. The fourth-order valence-corrected chi connectivity index (χ4v) is 7.37. The standard InChI is InChI=1S/C38H45N5O4/c1-4-46-38(44)37-30(16-9-22-47-34-17-7-12-27-11-5-6-13-28(27)34)29-14-8-15-31-35-32(25-42-20-23-45-24-21-42)39-41(3)33(35)26-40(2)18-10-19-43(37)36(29)31/h5-8,11-15,17H,4,9-10,16,18-26H2,1-3H3. The van der Waals surface area contributed by atoms with E-state index in [1.54, 1.807) is 0 Å². The van der Waals surface area contributed by atoms with E-state index >= 15 is 0 Å². The lowest BCUT2D eigenvalue weighted by Crippen LogP contribution is -2.35. The Labute approximate surface area is 276 Å². The van der Waals surface area contributed by atoms with E-state index in [9.17, 15) is 4.79 Å². The van der Waals surface area contributed by atoms with Gasteiger partial charge >= 0.3 is 5.97 Å². The summed E-state index contributed by atoms with van der Waals surface area (Å²) in [7, 11) is 4.23. The zero-order valence-corrected chi connectivity index (χ0v) is 27.8. The van der Waals surface area contributed by atoms with E-state index in [1.807, 2.05) is 31.2 Å². The van der Waals surface area contributed by atoms with Crippen molar-refractivity contribution in [3.8, 4) is 16.9 Å². The molecular weight excluding hydrogens is 590 g/mol. The molecule has 0 atom stereocenters. The lowest BCUT2D eigenvalue weighted by Gasteiger charge is -2.26. The van der Waals surface area contributed by atoms with Crippen molar-refractivity contribution in [3.63, 3.8) is 0 Å². The molecule has 1 fully saturated rings. The molecule has 4 heterocycles. The summed E-state index contributed by atoms with van der Waals surface area (Å²) in [5, 5.41) is 8.50. The predicted molar refractivity (Wildman–Crippen MR) is 185 cm³/mol. The molecule has 0 unspecified atom stereocenters. The molecule has 7 rings (SSSR count). The van der Waals surface area contributed by atoms with Gasteiger partial charge in [-0.15, -0.1) is 0 Å². The van der Waals surface area contributed by atoms with Gasteiger partial charge in [-0.3, -0.25) is 9.58 Å². The maximum atomic E-state index is 13.8. The first-order chi connectivity index (χ1) is 23.0. The number of morpholine rings is 1. The van der Waals surface area contributed by atoms with Crippen LogP contribution in [0.2, 0.25) is 0 Å². The van der Waals surface area contributed by atoms with Crippen molar-refractivity contribution in [2.75, 3.05) is 53.1 Å². The Hall–Kier alpha value is -4.18. The molecular formula is C38H45N5O4.